The lowest BCUT2D eigenvalue weighted by molar-refractivity contribution is -0.120. The van der Waals surface area contributed by atoms with E-state index in [9.17, 15) is 4.79 Å². The summed E-state index contributed by atoms with van der Waals surface area (Å²) in [7, 11) is 0. The van der Waals surface area contributed by atoms with Gasteiger partial charge in [0.05, 0.1) is 17.5 Å². The molecule has 0 saturated heterocycles. The molecule has 0 spiro atoms. The lowest BCUT2D eigenvalue weighted by Crippen LogP contribution is -2.41. The zero-order valence-electron chi connectivity index (χ0n) is 8.87. The zero-order chi connectivity index (χ0) is 12.1. The summed E-state index contributed by atoms with van der Waals surface area (Å²) in [6, 6.07) is 6.92. The minimum Gasteiger partial charge on any atom is -0.392 e. The standard InChI is InChI=1S/C11H13ClN2OS/c1-7(11(13)16)14-10(15)6-8-4-2-3-5-9(8)12/h2-5,7H,6H2,1H3,(H2,13,16)(H,14,15). The monoisotopic (exact) mass is 256 g/mol. The number of rotatable bonds is 4. The molecule has 86 valence electrons. The summed E-state index contributed by atoms with van der Waals surface area (Å²) >= 11 is 10.7. The highest BCUT2D eigenvalue weighted by Gasteiger charge is 2.11. The molecule has 0 saturated carbocycles. The average molecular weight is 257 g/mol. The van der Waals surface area contributed by atoms with E-state index in [2.05, 4.69) is 5.32 Å². The van der Waals surface area contributed by atoms with Gasteiger partial charge in [-0.15, -0.1) is 0 Å². The van der Waals surface area contributed by atoms with Gasteiger partial charge in [0.25, 0.3) is 0 Å². The molecule has 0 radical (unpaired) electrons. The predicted octanol–water partition coefficient (Wildman–Crippen LogP) is 1.67. The van der Waals surface area contributed by atoms with E-state index < -0.39 is 0 Å². The normalized spacial score (nSPS) is 11.9. The van der Waals surface area contributed by atoms with Crippen molar-refractivity contribution >= 4 is 34.7 Å². The molecule has 0 heterocycles. The van der Waals surface area contributed by atoms with E-state index in [0.29, 0.717) is 5.02 Å². The Balaban J connectivity index is 2.59. The second kappa shape index (κ2) is 5.82. The van der Waals surface area contributed by atoms with Gasteiger partial charge >= 0.3 is 0 Å². The van der Waals surface area contributed by atoms with Gasteiger partial charge in [-0.25, -0.2) is 0 Å². The zero-order valence-corrected chi connectivity index (χ0v) is 10.4. The third kappa shape index (κ3) is 3.79. The molecule has 1 unspecified atom stereocenters. The van der Waals surface area contributed by atoms with Gasteiger partial charge < -0.3 is 11.1 Å². The Hall–Kier alpha value is -1.13. The number of hydrogen-bond donors (Lipinski definition) is 2. The lowest BCUT2D eigenvalue weighted by Gasteiger charge is -2.12. The second-order valence-electron chi connectivity index (χ2n) is 3.46. The molecule has 5 heteroatoms. The van der Waals surface area contributed by atoms with Gasteiger partial charge in [-0.05, 0) is 18.6 Å². The number of carbonyl (C=O) groups excluding carboxylic acids is 1. The van der Waals surface area contributed by atoms with Crippen molar-refractivity contribution in [1.29, 1.82) is 0 Å². The van der Waals surface area contributed by atoms with E-state index in [4.69, 9.17) is 29.6 Å². The Kier molecular flexibility index (Phi) is 4.71. The van der Waals surface area contributed by atoms with Crippen LogP contribution in [0.3, 0.4) is 0 Å². The Morgan fingerprint density at radius 2 is 2.19 bits per heavy atom. The number of amides is 1. The first-order chi connectivity index (χ1) is 7.50. The maximum Gasteiger partial charge on any atom is 0.225 e. The molecule has 1 amide bonds. The molecule has 1 aromatic rings. The maximum atomic E-state index is 11.6. The summed E-state index contributed by atoms with van der Waals surface area (Å²) in [5.74, 6) is -0.145. The largest absolute Gasteiger partial charge is 0.392 e. The van der Waals surface area contributed by atoms with Crippen molar-refractivity contribution in [1.82, 2.24) is 5.32 Å². The number of benzene rings is 1. The van der Waals surface area contributed by atoms with Crippen LogP contribution in [0.2, 0.25) is 5.02 Å². The van der Waals surface area contributed by atoms with Crippen LogP contribution in [0.5, 0.6) is 0 Å². The molecular weight excluding hydrogens is 244 g/mol. The van der Waals surface area contributed by atoms with E-state index in [1.54, 1.807) is 13.0 Å². The second-order valence-corrected chi connectivity index (χ2v) is 4.34. The molecule has 3 nitrogen and oxygen atoms in total. The first-order valence-corrected chi connectivity index (χ1v) is 5.61. The van der Waals surface area contributed by atoms with E-state index in [-0.39, 0.29) is 23.4 Å². The smallest absolute Gasteiger partial charge is 0.225 e. The van der Waals surface area contributed by atoms with Crippen LogP contribution in [0.25, 0.3) is 0 Å². The van der Waals surface area contributed by atoms with E-state index in [1.165, 1.54) is 0 Å². The van der Waals surface area contributed by atoms with Crippen molar-refractivity contribution < 1.29 is 4.79 Å². The van der Waals surface area contributed by atoms with Gasteiger partial charge in [0.1, 0.15) is 0 Å². The molecule has 0 fully saturated rings. The number of nitrogens with two attached hydrogens (primary N) is 1. The van der Waals surface area contributed by atoms with Gasteiger partial charge in [0, 0.05) is 5.02 Å². The fourth-order valence-electron chi connectivity index (χ4n) is 1.18. The quantitative estimate of drug-likeness (QED) is 0.806. The van der Waals surface area contributed by atoms with Crippen LogP contribution >= 0.6 is 23.8 Å². The lowest BCUT2D eigenvalue weighted by atomic mass is 10.1. The summed E-state index contributed by atoms with van der Waals surface area (Å²) < 4.78 is 0. The molecule has 1 atom stereocenters. The first kappa shape index (κ1) is 12.9. The molecule has 0 aliphatic carbocycles. The topological polar surface area (TPSA) is 55.1 Å². The Labute approximate surface area is 105 Å². The summed E-state index contributed by atoms with van der Waals surface area (Å²) in [6.07, 6.45) is 0.229. The van der Waals surface area contributed by atoms with Crippen LogP contribution in [0.1, 0.15) is 12.5 Å². The highest BCUT2D eigenvalue weighted by Crippen LogP contribution is 2.15. The summed E-state index contributed by atoms with van der Waals surface area (Å²) in [5.41, 5.74) is 6.19. The SMILES string of the molecule is CC(NC(=O)Cc1ccccc1Cl)C(N)=S. The summed E-state index contributed by atoms with van der Waals surface area (Å²) in [6.45, 7) is 1.74. The third-order valence-electron chi connectivity index (χ3n) is 2.11. The first-order valence-electron chi connectivity index (χ1n) is 4.83. The van der Waals surface area contributed by atoms with Crippen LogP contribution in [0, 0.1) is 0 Å². The van der Waals surface area contributed by atoms with Crippen molar-refractivity contribution in [2.75, 3.05) is 0 Å². The van der Waals surface area contributed by atoms with Crippen LogP contribution in [-0.2, 0) is 11.2 Å². The van der Waals surface area contributed by atoms with Gasteiger partial charge in [-0.1, -0.05) is 42.0 Å². The van der Waals surface area contributed by atoms with Gasteiger partial charge in [-0.3, -0.25) is 4.79 Å². The van der Waals surface area contributed by atoms with Crippen LogP contribution in [-0.4, -0.2) is 16.9 Å². The number of nitrogens with one attached hydrogen (secondary N) is 1. The van der Waals surface area contributed by atoms with Crippen LogP contribution in [0.4, 0.5) is 0 Å². The molecule has 16 heavy (non-hydrogen) atoms. The fraction of sp³-hybridized carbons (Fsp3) is 0.273. The minimum atomic E-state index is -0.301. The maximum absolute atomic E-state index is 11.6. The van der Waals surface area contributed by atoms with E-state index in [0.717, 1.165) is 5.56 Å². The molecule has 0 bridgehead atoms. The molecule has 0 aliphatic rings. The van der Waals surface area contributed by atoms with Crippen molar-refractivity contribution in [2.45, 2.75) is 19.4 Å². The third-order valence-corrected chi connectivity index (χ3v) is 2.84. The molecule has 0 aromatic heterocycles. The number of thiocarbonyl (C=S) groups is 1. The molecule has 0 aliphatic heterocycles. The number of halogens is 1. The van der Waals surface area contributed by atoms with Gasteiger partial charge in [0.15, 0.2) is 0 Å². The summed E-state index contributed by atoms with van der Waals surface area (Å²) in [4.78, 5) is 11.9. The minimum absolute atomic E-state index is 0.145. The van der Waals surface area contributed by atoms with E-state index >= 15 is 0 Å². The van der Waals surface area contributed by atoms with Gasteiger partial charge in [-0.2, -0.15) is 0 Å². The van der Waals surface area contributed by atoms with Gasteiger partial charge in [0.2, 0.25) is 5.91 Å². The predicted molar refractivity (Wildman–Crippen MR) is 69.5 cm³/mol. The molecule has 1 rings (SSSR count). The molecular formula is C11H13ClN2OS. The van der Waals surface area contributed by atoms with Crippen molar-refractivity contribution in [3.8, 4) is 0 Å². The highest BCUT2D eigenvalue weighted by molar-refractivity contribution is 7.80. The number of carbonyl (C=O) groups is 1. The number of hydrogen-bond acceptors (Lipinski definition) is 2. The Morgan fingerprint density at radius 3 is 2.75 bits per heavy atom. The fourth-order valence-corrected chi connectivity index (χ4v) is 1.44. The summed E-state index contributed by atoms with van der Waals surface area (Å²) in [5, 5.41) is 3.28. The van der Waals surface area contributed by atoms with Crippen LogP contribution in [0.15, 0.2) is 24.3 Å². The van der Waals surface area contributed by atoms with Crippen molar-refractivity contribution in [3.63, 3.8) is 0 Å². The van der Waals surface area contributed by atoms with E-state index in [1.807, 2.05) is 18.2 Å². The molecule has 3 N–H and O–H groups in total. The van der Waals surface area contributed by atoms with Crippen molar-refractivity contribution in [3.05, 3.63) is 34.9 Å². The van der Waals surface area contributed by atoms with Crippen LogP contribution < -0.4 is 11.1 Å². The Morgan fingerprint density at radius 1 is 1.56 bits per heavy atom. The highest BCUT2D eigenvalue weighted by atomic mass is 35.5. The average Bonchev–Trinajstić information content (AvgIpc) is 2.21. The van der Waals surface area contributed by atoms with Crippen molar-refractivity contribution in [2.24, 2.45) is 5.73 Å². The Bertz CT molecular complexity index is 409. The molecule has 1 aromatic carbocycles.